The van der Waals surface area contributed by atoms with Gasteiger partial charge in [0.1, 0.15) is 17.8 Å². The predicted octanol–water partition coefficient (Wildman–Crippen LogP) is -1.41. The molecular formula is C9H10N4O4. The molecule has 0 aromatic carbocycles. The average molecular weight is 238 g/mol. The first kappa shape index (κ1) is 11.1. The number of aryl methyl sites for hydroxylation is 1. The Kier molecular flexibility index (Phi) is 2.34. The minimum atomic E-state index is -1.06. The molecule has 0 saturated heterocycles. The first-order valence-electron chi connectivity index (χ1n) is 4.78. The lowest BCUT2D eigenvalue weighted by molar-refractivity contribution is -0.136. The molecule has 0 aliphatic heterocycles. The zero-order chi connectivity index (χ0) is 12.7. The Morgan fingerprint density at radius 2 is 2.00 bits per heavy atom. The number of hydrogen-bond donors (Lipinski definition) is 2. The number of nitrogens with zero attached hydrogens (tertiary/aromatic N) is 3. The van der Waals surface area contributed by atoms with Crippen LogP contribution in [0.2, 0.25) is 0 Å². The minimum Gasteiger partial charge on any atom is -0.481 e. The average Bonchev–Trinajstić information content (AvgIpc) is 2.66. The molecule has 2 heterocycles. The van der Waals surface area contributed by atoms with E-state index < -0.39 is 17.2 Å². The molecule has 0 bridgehead atoms. The number of aromatic amines is 1. The van der Waals surface area contributed by atoms with E-state index in [0.29, 0.717) is 0 Å². The number of hydrogen-bond acceptors (Lipinski definition) is 4. The Morgan fingerprint density at radius 1 is 1.35 bits per heavy atom. The fourth-order valence-corrected chi connectivity index (χ4v) is 1.60. The van der Waals surface area contributed by atoms with Gasteiger partial charge in [-0.3, -0.25) is 18.7 Å². The van der Waals surface area contributed by atoms with E-state index in [9.17, 15) is 14.4 Å². The van der Waals surface area contributed by atoms with Gasteiger partial charge >= 0.3 is 11.7 Å². The largest absolute Gasteiger partial charge is 0.481 e. The Hall–Kier alpha value is -2.38. The molecule has 0 aliphatic carbocycles. The quantitative estimate of drug-likeness (QED) is 0.667. The second kappa shape index (κ2) is 3.58. The monoisotopic (exact) mass is 238 g/mol. The van der Waals surface area contributed by atoms with Crippen LogP contribution < -0.4 is 11.2 Å². The van der Waals surface area contributed by atoms with E-state index in [-0.39, 0.29) is 23.4 Å². The van der Waals surface area contributed by atoms with Crippen molar-refractivity contribution in [3.63, 3.8) is 0 Å². The molecule has 2 aromatic heterocycles. The van der Waals surface area contributed by atoms with Crippen LogP contribution in [-0.4, -0.2) is 30.2 Å². The Morgan fingerprint density at radius 3 is 2.59 bits per heavy atom. The molecule has 0 atom stereocenters. The first-order valence-corrected chi connectivity index (χ1v) is 4.78. The van der Waals surface area contributed by atoms with Gasteiger partial charge in [-0.2, -0.15) is 0 Å². The van der Waals surface area contributed by atoms with Crippen LogP contribution in [0.15, 0.2) is 9.59 Å². The molecule has 2 rings (SSSR count). The van der Waals surface area contributed by atoms with Crippen LogP contribution in [0.1, 0.15) is 5.82 Å². The molecule has 17 heavy (non-hydrogen) atoms. The van der Waals surface area contributed by atoms with Gasteiger partial charge in [0.25, 0.3) is 5.56 Å². The van der Waals surface area contributed by atoms with Gasteiger partial charge in [0, 0.05) is 14.1 Å². The van der Waals surface area contributed by atoms with Crippen LogP contribution in [0.4, 0.5) is 0 Å². The van der Waals surface area contributed by atoms with E-state index in [1.54, 1.807) is 0 Å². The highest BCUT2D eigenvalue weighted by molar-refractivity contribution is 5.73. The summed E-state index contributed by atoms with van der Waals surface area (Å²) in [6, 6.07) is 0. The van der Waals surface area contributed by atoms with Crippen LogP contribution in [0, 0.1) is 0 Å². The van der Waals surface area contributed by atoms with Crippen LogP contribution in [0.25, 0.3) is 11.2 Å². The molecular weight excluding hydrogens is 228 g/mol. The van der Waals surface area contributed by atoms with Crippen LogP contribution in [0.3, 0.4) is 0 Å². The zero-order valence-electron chi connectivity index (χ0n) is 9.22. The third-order valence-electron chi connectivity index (χ3n) is 2.46. The number of nitrogens with one attached hydrogen (secondary N) is 1. The highest BCUT2D eigenvalue weighted by Crippen LogP contribution is 2.04. The smallest absolute Gasteiger partial charge is 0.332 e. The summed E-state index contributed by atoms with van der Waals surface area (Å²) >= 11 is 0. The molecule has 2 N–H and O–H groups in total. The summed E-state index contributed by atoms with van der Waals surface area (Å²) in [4.78, 5) is 40.4. The zero-order valence-corrected chi connectivity index (χ0v) is 9.22. The van der Waals surface area contributed by atoms with Gasteiger partial charge in [-0.1, -0.05) is 0 Å². The lowest BCUT2D eigenvalue weighted by Gasteiger charge is -2.00. The summed E-state index contributed by atoms with van der Waals surface area (Å²) in [5.74, 6) is -0.920. The normalized spacial score (nSPS) is 10.9. The standard InChI is InChI=1S/C9H10N4O4/c1-12-7-6(8(16)13(2)9(12)17)10-4(11-7)3-5(14)15/h3H2,1-2H3,(H,10,11)(H,14,15). The van der Waals surface area contributed by atoms with E-state index in [0.717, 1.165) is 4.57 Å². The van der Waals surface area contributed by atoms with Crippen LogP contribution in [0.5, 0.6) is 0 Å². The Balaban J connectivity index is 2.82. The van der Waals surface area contributed by atoms with Crippen molar-refractivity contribution in [2.45, 2.75) is 6.42 Å². The maximum absolute atomic E-state index is 11.7. The molecule has 0 aliphatic rings. The summed E-state index contributed by atoms with van der Waals surface area (Å²) in [5.41, 5.74) is -0.733. The van der Waals surface area contributed by atoms with Gasteiger partial charge in [-0.25, -0.2) is 9.78 Å². The fraction of sp³-hybridized carbons (Fsp3) is 0.333. The number of H-pyrrole nitrogens is 1. The fourth-order valence-electron chi connectivity index (χ4n) is 1.60. The molecule has 0 spiro atoms. The van der Waals surface area contributed by atoms with Gasteiger partial charge in [0.15, 0.2) is 5.65 Å². The number of carbonyl (C=O) groups is 1. The van der Waals surface area contributed by atoms with Crippen molar-refractivity contribution in [1.82, 2.24) is 19.1 Å². The van der Waals surface area contributed by atoms with Crippen molar-refractivity contribution in [3.8, 4) is 0 Å². The van der Waals surface area contributed by atoms with Gasteiger partial charge in [0.05, 0.1) is 0 Å². The lowest BCUT2D eigenvalue weighted by Crippen LogP contribution is -2.36. The second-order valence-corrected chi connectivity index (χ2v) is 3.66. The SMILES string of the molecule is Cn1c(=O)c2[nH]c(CC(=O)O)nc2n(C)c1=O. The highest BCUT2D eigenvalue weighted by atomic mass is 16.4. The van der Waals surface area contributed by atoms with Crippen LogP contribution in [-0.2, 0) is 25.3 Å². The summed E-state index contributed by atoms with van der Waals surface area (Å²) in [6.07, 6.45) is -0.327. The van der Waals surface area contributed by atoms with Crippen molar-refractivity contribution in [1.29, 1.82) is 0 Å². The third-order valence-corrected chi connectivity index (χ3v) is 2.46. The summed E-state index contributed by atoms with van der Waals surface area (Å²) in [7, 11) is 2.82. The molecule has 8 heteroatoms. The van der Waals surface area contributed by atoms with E-state index in [2.05, 4.69) is 9.97 Å². The van der Waals surface area contributed by atoms with E-state index in [1.165, 1.54) is 18.7 Å². The first-order chi connectivity index (χ1) is 7.91. The second-order valence-electron chi connectivity index (χ2n) is 3.66. The lowest BCUT2D eigenvalue weighted by atomic mass is 10.4. The summed E-state index contributed by atoms with van der Waals surface area (Å²) in [6.45, 7) is 0. The predicted molar refractivity (Wildman–Crippen MR) is 57.9 cm³/mol. The number of fused-ring (bicyclic) bond motifs is 1. The maximum atomic E-state index is 11.7. The topological polar surface area (TPSA) is 110 Å². The summed E-state index contributed by atoms with van der Waals surface area (Å²) < 4.78 is 2.13. The molecule has 0 radical (unpaired) electrons. The van der Waals surface area contributed by atoms with Gasteiger partial charge in [-0.05, 0) is 0 Å². The maximum Gasteiger partial charge on any atom is 0.332 e. The third kappa shape index (κ3) is 1.63. The molecule has 0 fully saturated rings. The van der Waals surface area contributed by atoms with E-state index in [4.69, 9.17) is 5.11 Å². The van der Waals surface area contributed by atoms with Crippen molar-refractivity contribution in [2.75, 3.05) is 0 Å². The minimum absolute atomic E-state index is 0.130. The number of carboxylic acid groups (broad SMARTS) is 1. The number of aliphatic carboxylic acids is 1. The number of carboxylic acids is 1. The van der Waals surface area contributed by atoms with Crippen LogP contribution >= 0.6 is 0 Å². The van der Waals surface area contributed by atoms with Gasteiger partial charge in [-0.15, -0.1) is 0 Å². The number of imidazole rings is 1. The van der Waals surface area contributed by atoms with Crippen molar-refractivity contribution in [2.24, 2.45) is 14.1 Å². The Bertz CT molecular complexity index is 721. The molecule has 0 amide bonds. The van der Waals surface area contributed by atoms with Crippen molar-refractivity contribution in [3.05, 3.63) is 26.7 Å². The molecule has 0 unspecified atom stereocenters. The summed E-state index contributed by atoms with van der Waals surface area (Å²) in [5, 5.41) is 8.63. The molecule has 0 saturated carbocycles. The number of rotatable bonds is 2. The van der Waals surface area contributed by atoms with E-state index >= 15 is 0 Å². The highest BCUT2D eigenvalue weighted by Gasteiger charge is 2.14. The molecule has 90 valence electrons. The van der Waals surface area contributed by atoms with Crippen molar-refractivity contribution >= 4 is 17.1 Å². The molecule has 8 nitrogen and oxygen atoms in total. The van der Waals surface area contributed by atoms with Gasteiger partial charge < -0.3 is 10.1 Å². The van der Waals surface area contributed by atoms with Crippen molar-refractivity contribution < 1.29 is 9.90 Å². The van der Waals surface area contributed by atoms with E-state index in [1.807, 2.05) is 0 Å². The Labute approximate surface area is 94.1 Å². The molecule has 2 aromatic rings. The number of aromatic nitrogens is 4. The van der Waals surface area contributed by atoms with Gasteiger partial charge in [0.2, 0.25) is 0 Å².